The summed E-state index contributed by atoms with van der Waals surface area (Å²) >= 11 is 0. The molecule has 1 heterocycles. The quantitative estimate of drug-likeness (QED) is 0.561. The van der Waals surface area contributed by atoms with Crippen molar-refractivity contribution in [3.63, 3.8) is 0 Å². The summed E-state index contributed by atoms with van der Waals surface area (Å²) in [6, 6.07) is 0. The van der Waals surface area contributed by atoms with Gasteiger partial charge in [-0.2, -0.15) is 0 Å². The first-order chi connectivity index (χ1) is 7.08. The Morgan fingerprint density at radius 2 is 1.75 bits per heavy atom. The van der Waals surface area contributed by atoms with Crippen molar-refractivity contribution in [1.29, 1.82) is 0 Å². The van der Waals surface area contributed by atoms with E-state index in [0.717, 1.165) is 17.1 Å². The monoisotopic (exact) mass is 274 g/mol. The molecule has 0 bridgehead atoms. The van der Waals surface area contributed by atoms with E-state index in [9.17, 15) is 13.5 Å². The van der Waals surface area contributed by atoms with E-state index < -0.39 is 26.9 Å². The summed E-state index contributed by atoms with van der Waals surface area (Å²) in [5.74, 6) is 0. The lowest BCUT2D eigenvalue weighted by molar-refractivity contribution is 0.205. The molecule has 1 rings (SSSR count). The van der Waals surface area contributed by atoms with E-state index in [2.05, 4.69) is 4.98 Å². The highest BCUT2D eigenvalue weighted by atomic mass is 31.2. The van der Waals surface area contributed by atoms with Gasteiger partial charge in [-0.3, -0.25) is 9.13 Å². The van der Waals surface area contributed by atoms with Crippen LogP contribution in [0.2, 0.25) is 0 Å². The molecule has 8 nitrogen and oxygen atoms in total. The van der Waals surface area contributed by atoms with Gasteiger partial charge in [0.05, 0.1) is 12.9 Å². The van der Waals surface area contributed by atoms with Gasteiger partial charge in [-0.1, -0.05) is 0 Å². The minimum absolute atomic E-state index is 0.832. The zero-order chi connectivity index (χ0) is 12.6. The second kappa shape index (κ2) is 4.03. The highest BCUT2D eigenvalue weighted by Crippen LogP contribution is 2.70. The smallest absolute Gasteiger partial charge is 0.333 e. The highest BCUT2D eigenvalue weighted by molar-refractivity contribution is 7.72. The SMILES string of the molecule is O=P(O)(O)C(F)(Cn1ccnc1)P(=O)(O)O. The van der Waals surface area contributed by atoms with E-state index in [4.69, 9.17) is 19.6 Å². The molecule has 0 saturated heterocycles. The summed E-state index contributed by atoms with van der Waals surface area (Å²) < 4.78 is 36.3. The van der Waals surface area contributed by atoms with Crippen molar-refractivity contribution in [3.05, 3.63) is 18.7 Å². The van der Waals surface area contributed by atoms with E-state index in [-0.39, 0.29) is 0 Å². The molecule has 92 valence electrons. The van der Waals surface area contributed by atoms with Crippen LogP contribution in [0.1, 0.15) is 0 Å². The van der Waals surface area contributed by atoms with Crippen molar-refractivity contribution in [2.24, 2.45) is 0 Å². The zero-order valence-electron chi connectivity index (χ0n) is 7.71. The average Bonchev–Trinajstić information content (AvgIpc) is 2.52. The number of hydrogen-bond acceptors (Lipinski definition) is 3. The van der Waals surface area contributed by atoms with Gasteiger partial charge in [0.1, 0.15) is 0 Å². The van der Waals surface area contributed by atoms with Gasteiger partial charge in [-0.15, -0.1) is 0 Å². The van der Waals surface area contributed by atoms with Gasteiger partial charge in [0.2, 0.25) is 0 Å². The maximum absolute atomic E-state index is 13.8. The summed E-state index contributed by atoms with van der Waals surface area (Å²) in [7, 11) is -11.3. The Bertz CT molecular complexity index is 427. The summed E-state index contributed by atoms with van der Waals surface area (Å²) in [5, 5.41) is -3.94. The van der Waals surface area contributed by atoms with Crippen LogP contribution in [0, 0.1) is 0 Å². The number of hydrogen-bond donors (Lipinski definition) is 4. The first kappa shape index (κ1) is 13.5. The van der Waals surface area contributed by atoms with E-state index in [1.807, 2.05) is 0 Å². The summed E-state index contributed by atoms with van der Waals surface area (Å²) in [5.41, 5.74) is 0. The number of rotatable bonds is 4. The predicted octanol–water partition coefficient (Wildman–Crippen LogP) is -0.138. The second-order valence-corrected chi connectivity index (χ2v) is 6.99. The fourth-order valence-electron chi connectivity index (χ4n) is 0.966. The molecule has 0 aromatic carbocycles. The summed E-state index contributed by atoms with van der Waals surface area (Å²) in [6.45, 7) is -1.18. The lowest BCUT2D eigenvalue weighted by Crippen LogP contribution is -2.28. The number of alkyl halides is 1. The second-order valence-electron chi connectivity index (χ2n) is 3.04. The van der Waals surface area contributed by atoms with E-state index in [0.29, 0.717) is 0 Å². The van der Waals surface area contributed by atoms with Gasteiger partial charge in [-0.05, 0) is 0 Å². The predicted molar refractivity (Wildman–Crippen MR) is 50.2 cm³/mol. The average molecular weight is 274 g/mol. The molecule has 0 aliphatic heterocycles. The zero-order valence-corrected chi connectivity index (χ0v) is 9.50. The molecule has 0 aliphatic carbocycles. The number of imidazole rings is 1. The molecular weight excluding hydrogens is 265 g/mol. The molecule has 0 atom stereocenters. The maximum atomic E-state index is 13.8. The van der Waals surface area contributed by atoms with Crippen LogP contribution in [0.5, 0.6) is 0 Å². The van der Waals surface area contributed by atoms with Crippen molar-refractivity contribution in [2.75, 3.05) is 0 Å². The number of aromatic nitrogens is 2. The van der Waals surface area contributed by atoms with Crippen LogP contribution in [0.3, 0.4) is 0 Å². The minimum Gasteiger partial charge on any atom is -0.333 e. The Hall–Kier alpha value is -0.560. The van der Waals surface area contributed by atoms with Crippen LogP contribution in [-0.4, -0.2) is 34.3 Å². The van der Waals surface area contributed by atoms with Crippen LogP contribution in [0.4, 0.5) is 4.39 Å². The molecular formula is C5H9FN2O6P2. The third-order valence-corrected chi connectivity index (χ3v) is 5.47. The Labute approximate surface area is 89.1 Å². The first-order valence-electron chi connectivity index (χ1n) is 3.84. The van der Waals surface area contributed by atoms with Gasteiger partial charge in [0.25, 0.3) is 0 Å². The minimum atomic E-state index is -5.63. The lowest BCUT2D eigenvalue weighted by atomic mass is 10.7. The van der Waals surface area contributed by atoms with Crippen molar-refractivity contribution in [3.8, 4) is 0 Å². The van der Waals surface area contributed by atoms with Crippen LogP contribution in [-0.2, 0) is 15.7 Å². The van der Waals surface area contributed by atoms with Gasteiger partial charge >= 0.3 is 20.3 Å². The molecule has 0 spiro atoms. The lowest BCUT2D eigenvalue weighted by Gasteiger charge is -2.26. The third kappa shape index (κ3) is 2.40. The fraction of sp³-hybridized carbons (Fsp3) is 0.400. The van der Waals surface area contributed by atoms with E-state index in [1.165, 1.54) is 6.20 Å². The largest absolute Gasteiger partial charge is 0.377 e. The van der Waals surface area contributed by atoms with Gasteiger partial charge in [-0.25, -0.2) is 9.37 Å². The Balaban J connectivity index is 3.18. The maximum Gasteiger partial charge on any atom is 0.377 e. The highest BCUT2D eigenvalue weighted by Gasteiger charge is 2.62. The molecule has 0 saturated carbocycles. The van der Waals surface area contributed by atoms with E-state index in [1.54, 1.807) is 0 Å². The standard InChI is InChI=1S/C5H9FN2O6P2/c6-5(15(9,10)11,16(12,13)14)3-8-2-1-7-4-8/h1-2,4H,3H2,(H2,9,10,11)(H2,12,13,14). The molecule has 0 radical (unpaired) electrons. The molecule has 1 aromatic rings. The molecule has 0 aliphatic rings. The topological polar surface area (TPSA) is 133 Å². The van der Waals surface area contributed by atoms with E-state index >= 15 is 0 Å². The normalized spacial score (nSPS) is 14.1. The first-order valence-corrected chi connectivity index (χ1v) is 7.06. The Morgan fingerprint density at radius 1 is 1.25 bits per heavy atom. The molecule has 16 heavy (non-hydrogen) atoms. The fourth-order valence-corrected chi connectivity index (χ4v) is 3.02. The summed E-state index contributed by atoms with van der Waals surface area (Å²) in [6.07, 6.45) is 3.29. The van der Waals surface area contributed by atoms with Crippen LogP contribution in [0.25, 0.3) is 0 Å². The van der Waals surface area contributed by atoms with Crippen LogP contribution in [0.15, 0.2) is 18.7 Å². The van der Waals surface area contributed by atoms with Gasteiger partial charge in [0, 0.05) is 12.4 Å². The van der Waals surface area contributed by atoms with Crippen molar-refractivity contribution >= 4 is 15.2 Å². The van der Waals surface area contributed by atoms with Crippen molar-refractivity contribution in [2.45, 2.75) is 11.7 Å². The number of nitrogens with zero attached hydrogens (tertiary/aromatic N) is 2. The molecule has 0 unspecified atom stereocenters. The van der Waals surface area contributed by atoms with Gasteiger partial charge in [0.15, 0.2) is 0 Å². The molecule has 11 heteroatoms. The van der Waals surface area contributed by atoms with Crippen molar-refractivity contribution < 1.29 is 33.1 Å². The third-order valence-electron chi connectivity index (χ3n) is 1.84. The Morgan fingerprint density at radius 3 is 2.06 bits per heavy atom. The number of halogens is 1. The molecule has 0 fully saturated rings. The van der Waals surface area contributed by atoms with Crippen molar-refractivity contribution in [1.82, 2.24) is 9.55 Å². The van der Waals surface area contributed by atoms with Crippen LogP contribution < -0.4 is 0 Å². The van der Waals surface area contributed by atoms with Gasteiger partial charge < -0.3 is 24.1 Å². The molecule has 0 amide bonds. The molecule has 4 N–H and O–H groups in total. The Kier molecular flexibility index (Phi) is 3.40. The van der Waals surface area contributed by atoms with Crippen LogP contribution >= 0.6 is 15.2 Å². The molecule has 1 aromatic heterocycles. The summed E-state index contributed by atoms with van der Waals surface area (Å²) in [4.78, 5) is 38.2.